The fourth-order valence-electron chi connectivity index (χ4n) is 3.43. The maximum atomic E-state index is 11.2. The maximum absolute atomic E-state index is 11.2. The molecule has 1 aromatic rings. The second-order valence-corrected chi connectivity index (χ2v) is 7.71. The van der Waals surface area contributed by atoms with E-state index in [9.17, 15) is 9.90 Å². The Hall–Kier alpha value is -1.48. The van der Waals surface area contributed by atoms with Crippen LogP contribution < -0.4 is 5.32 Å². The van der Waals surface area contributed by atoms with Crippen LogP contribution >= 0.6 is 11.6 Å². The summed E-state index contributed by atoms with van der Waals surface area (Å²) in [7, 11) is 0. The Morgan fingerprint density at radius 1 is 1.55 bits per heavy atom. The molecule has 0 saturated heterocycles. The van der Waals surface area contributed by atoms with Crippen molar-refractivity contribution in [3.05, 3.63) is 47.0 Å². The number of halogens is 1. The van der Waals surface area contributed by atoms with Gasteiger partial charge in [-0.15, -0.1) is 6.58 Å². The Balaban J connectivity index is 2.27. The number of hydrogen-bond acceptors (Lipinski definition) is 1. The van der Waals surface area contributed by atoms with Crippen LogP contribution in [-0.2, 0) is 12.8 Å². The Bertz CT molecular complexity index is 591. The average molecular weight is 322 g/mol. The second-order valence-electron chi connectivity index (χ2n) is 7.30. The number of carbonyl (C=O) groups is 1. The Labute approximate surface area is 137 Å². The summed E-state index contributed by atoms with van der Waals surface area (Å²) in [4.78, 5) is 11.2. The van der Waals surface area contributed by atoms with Gasteiger partial charge in [0, 0.05) is 5.02 Å². The van der Waals surface area contributed by atoms with Crippen molar-refractivity contribution in [1.82, 2.24) is 5.32 Å². The molecular weight excluding hydrogens is 298 g/mol. The van der Waals surface area contributed by atoms with E-state index in [-0.39, 0.29) is 5.41 Å². The molecule has 1 aliphatic carbocycles. The minimum absolute atomic E-state index is 0.0631. The van der Waals surface area contributed by atoms with Crippen LogP contribution in [0.5, 0.6) is 0 Å². The van der Waals surface area contributed by atoms with E-state index >= 15 is 0 Å². The zero-order valence-corrected chi connectivity index (χ0v) is 14.2. The molecule has 2 rings (SSSR count). The first-order chi connectivity index (χ1) is 10.2. The highest BCUT2D eigenvalue weighted by Crippen LogP contribution is 2.55. The number of hydrogen-bond donors (Lipinski definition) is 2. The highest BCUT2D eigenvalue weighted by molar-refractivity contribution is 6.31. The normalized spacial score (nSPS) is 23.9. The summed E-state index contributed by atoms with van der Waals surface area (Å²) in [6, 6.07) is 5.94. The quantitative estimate of drug-likeness (QED) is 0.773. The minimum Gasteiger partial charge on any atom is -0.465 e. The molecule has 22 heavy (non-hydrogen) atoms. The van der Waals surface area contributed by atoms with E-state index in [1.54, 1.807) is 0 Å². The number of amides is 1. The molecule has 120 valence electrons. The van der Waals surface area contributed by atoms with Crippen LogP contribution in [0.15, 0.2) is 30.9 Å². The molecule has 2 N–H and O–H groups in total. The van der Waals surface area contributed by atoms with Gasteiger partial charge in [-0.2, -0.15) is 0 Å². The smallest absolute Gasteiger partial charge is 0.405 e. The monoisotopic (exact) mass is 321 g/mol. The number of benzene rings is 1. The van der Waals surface area contributed by atoms with Gasteiger partial charge in [-0.05, 0) is 47.8 Å². The molecule has 4 heteroatoms. The lowest BCUT2D eigenvalue weighted by Crippen LogP contribution is -2.41. The molecular formula is C18H24ClNO2. The van der Waals surface area contributed by atoms with Crippen LogP contribution in [0.4, 0.5) is 4.79 Å². The summed E-state index contributed by atoms with van der Waals surface area (Å²) < 4.78 is 0. The van der Waals surface area contributed by atoms with Gasteiger partial charge >= 0.3 is 6.09 Å². The van der Waals surface area contributed by atoms with Crippen molar-refractivity contribution in [1.29, 1.82) is 0 Å². The molecule has 0 aliphatic heterocycles. The zero-order valence-electron chi connectivity index (χ0n) is 13.4. The first-order valence-electron chi connectivity index (χ1n) is 7.57. The molecule has 0 radical (unpaired) electrons. The number of allylic oxidation sites excluding steroid dienone is 1. The van der Waals surface area contributed by atoms with Gasteiger partial charge in [-0.1, -0.05) is 50.6 Å². The van der Waals surface area contributed by atoms with Crippen LogP contribution in [0.2, 0.25) is 5.02 Å². The lowest BCUT2D eigenvalue weighted by Gasteiger charge is -2.25. The van der Waals surface area contributed by atoms with Crippen LogP contribution in [0.3, 0.4) is 0 Å². The molecule has 0 aromatic heterocycles. The minimum atomic E-state index is -0.967. The topological polar surface area (TPSA) is 49.3 Å². The third kappa shape index (κ3) is 3.64. The lowest BCUT2D eigenvalue weighted by atomic mass is 9.85. The van der Waals surface area contributed by atoms with Crippen LogP contribution in [-0.4, -0.2) is 16.7 Å². The van der Waals surface area contributed by atoms with Crippen molar-refractivity contribution in [2.75, 3.05) is 0 Å². The standard InChI is InChI=1S/C18H24ClNO2/c1-5-6-12-7-8-14(19)13(9-12)10-18(20-16(21)22)11-15(18)17(2,3)4/h5,7-9,15,20H,1,6,10-11H2,2-4H3,(H,21,22). The van der Waals surface area contributed by atoms with E-state index in [1.807, 2.05) is 18.2 Å². The molecule has 1 aliphatic rings. The van der Waals surface area contributed by atoms with Gasteiger partial charge in [0.25, 0.3) is 0 Å². The van der Waals surface area contributed by atoms with E-state index < -0.39 is 11.6 Å². The first kappa shape index (κ1) is 16.9. The average Bonchev–Trinajstić information content (AvgIpc) is 3.07. The molecule has 2 unspecified atom stereocenters. The van der Waals surface area contributed by atoms with Crippen molar-refractivity contribution < 1.29 is 9.90 Å². The van der Waals surface area contributed by atoms with Gasteiger partial charge < -0.3 is 10.4 Å². The number of nitrogens with one attached hydrogen (secondary N) is 1. The molecule has 3 nitrogen and oxygen atoms in total. The van der Waals surface area contributed by atoms with Crippen LogP contribution in [0.1, 0.15) is 38.3 Å². The number of rotatable bonds is 5. The zero-order chi connectivity index (χ0) is 16.5. The SMILES string of the molecule is C=CCc1ccc(Cl)c(CC2(NC(=O)O)CC2C(C)(C)C)c1. The molecule has 1 fully saturated rings. The Morgan fingerprint density at radius 3 is 2.73 bits per heavy atom. The summed E-state index contributed by atoms with van der Waals surface area (Å²) in [6.45, 7) is 10.2. The summed E-state index contributed by atoms with van der Waals surface area (Å²) in [6.07, 6.45) is 3.15. The molecule has 0 bridgehead atoms. The van der Waals surface area contributed by atoms with Crippen molar-refractivity contribution in [2.24, 2.45) is 11.3 Å². The van der Waals surface area contributed by atoms with Crippen molar-refractivity contribution in [2.45, 2.75) is 45.6 Å². The summed E-state index contributed by atoms with van der Waals surface area (Å²) in [5, 5.41) is 12.6. The number of carboxylic acid groups (broad SMARTS) is 1. The summed E-state index contributed by atoms with van der Waals surface area (Å²) in [5.74, 6) is 0.315. The molecule has 1 saturated carbocycles. The predicted molar refractivity (Wildman–Crippen MR) is 90.5 cm³/mol. The second kappa shape index (κ2) is 5.96. The van der Waals surface area contributed by atoms with Crippen molar-refractivity contribution in [3.63, 3.8) is 0 Å². The van der Waals surface area contributed by atoms with Crippen molar-refractivity contribution in [3.8, 4) is 0 Å². The third-order valence-corrected chi connectivity index (χ3v) is 4.84. The summed E-state index contributed by atoms with van der Waals surface area (Å²) >= 11 is 6.33. The molecule has 2 atom stereocenters. The highest BCUT2D eigenvalue weighted by Gasteiger charge is 2.59. The third-order valence-electron chi connectivity index (χ3n) is 4.47. The van der Waals surface area contributed by atoms with Crippen LogP contribution in [0, 0.1) is 11.3 Å². The lowest BCUT2D eigenvalue weighted by molar-refractivity contribution is 0.182. The van der Waals surface area contributed by atoms with Crippen LogP contribution in [0.25, 0.3) is 0 Å². The van der Waals surface area contributed by atoms with Gasteiger partial charge in [0.15, 0.2) is 0 Å². The Morgan fingerprint density at radius 2 is 2.23 bits per heavy atom. The largest absolute Gasteiger partial charge is 0.465 e. The van der Waals surface area contributed by atoms with E-state index in [4.69, 9.17) is 11.6 Å². The predicted octanol–water partition coefficient (Wildman–Crippen LogP) is 4.68. The van der Waals surface area contributed by atoms with Gasteiger partial charge in [-0.25, -0.2) is 4.79 Å². The molecule has 0 heterocycles. The van der Waals surface area contributed by atoms with Gasteiger partial charge in [0.1, 0.15) is 0 Å². The van der Waals surface area contributed by atoms with E-state index in [1.165, 1.54) is 0 Å². The molecule has 1 aromatic carbocycles. The first-order valence-corrected chi connectivity index (χ1v) is 7.95. The molecule has 0 spiro atoms. The van der Waals surface area contributed by atoms with Gasteiger partial charge in [0.2, 0.25) is 0 Å². The maximum Gasteiger partial charge on any atom is 0.405 e. The van der Waals surface area contributed by atoms with Gasteiger partial charge in [0.05, 0.1) is 5.54 Å². The highest BCUT2D eigenvalue weighted by atomic mass is 35.5. The fourth-order valence-corrected chi connectivity index (χ4v) is 3.61. The van der Waals surface area contributed by atoms with E-state index in [2.05, 4.69) is 38.7 Å². The molecule has 1 amide bonds. The summed E-state index contributed by atoms with van der Waals surface area (Å²) in [5.41, 5.74) is 1.81. The fraction of sp³-hybridized carbons (Fsp3) is 0.500. The van der Waals surface area contributed by atoms with E-state index in [0.717, 1.165) is 24.0 Å². The van der Waals surface area contributed by atoms with Crippen molar-refractivity contribution >= 4 is 17.7 Å². The van der Waals surface area contributed by atoms with Gasteiger partial charge in [-0.3, -0.25) is 0 Å². The van der Waals surface area contributed by atoms with E-state index in [0.29, 0.717) is 17.4 Å². The Kier molecular flexibility index (Phi) is 4.57.